The molecule has 0 amide bonds. The predicted molar refractivity (Wildman–Crippen MR) is 109 cm³/mol. The standard InChI is InChI=1S/C22H12ClNO6/c23-18-7-2-1-6-16(18)22(26)29-15-8-9-17-19(12-15)30-20(21(17)25)11-13-4-3-5-14(10-13)24(27)28/h1-12H/b20-11-. The van der Waals surface area contributed by atoms with Crippen molar-refractivity contribution in [1.29, 1.82) is 0 Å². The number of allylic oxidation sites excluding steroid dienone is 1. The Labute approximate surface area is 175 Å². The number of carbonyl (C=O) groups is 2. The Bertz CT molecular complexity index is 1230. The Balaban J connectivity index is 1.57. The zero-order valence-corrected chi connectivity index (χ0v) is 16.0. The number of fused-ring (bicyclic) bond motifs is 1. The van der Waals surface area contributed by atoms with Gasteiger partial charge in [0.25, 0.3) is 5.69 Å². The van der Waals surface area contributed by atoms with Crippen molar-refractivity contribution >= 4 is 35.1 Å². The minimum atomic E-state index is -0.641. The number of ketones is 1. The van der Waals surface area contributed by atoms with Crippen molar-refractivity contribution in [3.8, 4) is 11.5 Å². The van der Waals surface area contributed by atoms with E-state index >= 15 is 0 Å². The first-order valence-corrected chi connectivity index (χ1v) is 9.09. The number of esters is 1. The number of nitro benzene ring substituents is 1. The van der Waals surface area contributed by atoms with Crippen molar-refractivity contribution in [3.05, 3.63) is 104 Å². The molecule has 0 fully saturated rings. The minimum Gasteiger partial charge on any atom is -0.452 e. The highest BCUT2D eigenvalue weighted by molar-refractivity contribution is 6.33. The maximum absolute atomic E-state index is 12.6. The molecule has 8 heteroatoms. The molecule has 0 spiro atoms. The third kappa shape index (κ3) is 3.78. The van der Waals surface area contributed by atoms with Crippen LogP contribution in [0.3, 0.4) is 0 Å². The summed E-state index contributed by atoms with van der Waals surface area (Å²) in [6.07, 6.45) is 1.42. The lowest BCUT2D eigenvalue weighted by Crippen LogP contribution is -2.09. The molecule has 0 bridgehead atoms. The summed E-state index contributed by atoms with van der Waals surface area (Å²) >= 11 is 6.01. The average Bonchev–Trinajstić information content (AvgIpc) is 3.03. The number of halogens is 1. The van der Waals surface area contributed by atoms with Crippen molar-refractivity contribution in [1.82, 2.24) is 0 Å². The van der Waals surface area contributed by atoms with E-state index in [1.54, 1.807) is 24.3 Å². The van der Waals surface area contributed by atoms with Gasteiger partial charge in [-0.3, -0.25) is 14.9 Å². The van der Waals surface area contributed by atoms with E-state index in [1.165, 1.54) is 48.5 Å². The van der Waals surface area contributed by atoms with E-state index in [0.29, 0.717) is 11.1 Å². The Hall–Kier alpha value is -3.97. The second-order valence-electron chi connectivity index (χ2n) is 6.32. The summed E-state index contributed by atoms with van der Waals surface area (Å²) in [5, 5.41) is 11.2. The summed E-state index contributed by atoms with van der Waals surface area (Å²) in [7, 11) is 0. The van der Waals surface area contributed by atoms with Gasteiger partial charge >= 0.3 is 5.97 Å². The molecule has 1 aliphatic heterocycles. The minimum absolute atomic E-state index is 0.0140. The molecular weight excluding hydrogens is 410 g/mol. The molecule has 30 heavy (non-hydrogen) atoms. The zero-order chi connectivity index (χ0) is 21.3. The monoisotopic (exact) mass is 421 g/mol. The number of rotatable bonds is 4. The summed E-state index contributed by atoms with van der Waals surface area (Å²) in [5.74, 6) is -0.595. The van der Waals surface area contributed by atoms with Crippen LogP contribution in [0.1, 0.15) is 26.3 Å². The van der Waals surface area contributed by atoms with E-state index in [9.17, 15) is 19.7 Å². The number of hydrogen-bond acceptors (Lipinski definition) is 6. The van der Waals surface area contributed by atoms with Crippen LogP contribution in [0.2, 0.25) is 5.02 Å². The first-order chi connectivity index (χ1) is 14.4. The third-order valence-electron chi connectivity index (χ3n) is 4.32. The smallest absolute Gasteiger partial charge is 0.345 e. The molecule has 3 aromatic carbocycles. The molecule has 0 atom stereocenters. The van der Waals surface area contributed by atoms with E-state index in [1.807, 2.05) is 0 Å². The van der Waals surface area contributed by atoms with Gasteiger partial charge in [0.2, 0.25) is 5.78 Å². The lowest BCUT2D eigenvalue weighted by Gasteiger charge is -2.06. The highest BCUT2D eigenvalue weighted by atomic mass is 35.5. The molecule has 4 rings (SSSR count). The molecule has 0 aliphatic carbocycles. The van der Waals surface area contributed by atoms with E-state index in [4.69, 9.17) is 21.1 Å². The molecule has 7 nitrogen and oxygen atoms in total. The molecule has 0 saturated heterocycles. The highest BCUT2D eigenvalue weighted by Gasteiger charge is 2.28. The fourth-order valence-corrected chi connectivity index (χ4v) is 3.11. The van der Waals surface area contributed by atoms with Gasteiger partial charge in [0.15, 0.2) is 5.76 Å². The van der Waals surface area contributed by atoms with Gasteiger partial charge < -0.3 is 9.47 Å². The number of nitrogens with zero attached hydrogens (tertiary/aromatic N) is 1. The SMILES string of the molecule is O=C(Oc1ccc2c(c1)O/C(=C\c1cccc([N+](=O)[O-])c1)C2=O)c1ccccc1Cl. The van der Waals surface area contributed by atoms with Crippen LogP contribution in [-0.2, 0) is 0 Å². The normalized spacial score (nSPS) is 13.6. The van der Waals surface area contributed by atoms with Gasteiger partial charge in [-0.25, -0.2) is 4.79 Å². The summed E-state index contributed by atoms with van der Waals surface area (Å²) in [6, 6.07) is 16.7. The lowest BCUT2D eigenvalue weighted by molar-refractivity contribution is -0.384. The second-order valence-corrected chi connectivity index (χ2v) is 6.73. The fourth-order valence-electron chi connectivity index (χ4n) is 2.90. The molecule has 1 aliphatic rings. The molecule has 0 aromatic heterocycles. The van der Waals surface area contributed by atoms with E-state index < -0.39 is 10.9 Å². The zero-order valence-electron chi connectivity index (χ0n) is 15.2. The Morgan fingerprint density at radius 3 is 2.63 bits per heavy atom. The van der Waals surface area contributed by atoms with Crippen LogP contribution in [0.5, 0.6) is 11.5 Å². The topological polar surface area (TPSA) is 95.7 Å². The van der Waals surface area contributed by atoms with Crippen LogP contribution >= 0.6 is 11.6 Å². The van der Waals surface area contributed by atoms with Crippen LogP contribution in [0.15, 0.2) is 72.5 Å². The van der Waals surface area contributed by atoms with Crippen LogP contribution in [0.25, 0.3) is 6.08 Å². The van der Waals surface area contributed by atoms with Crippen molar-refractivity contribution in [2.24, 2.45) is 0 Å². The van der Waals surface area contributed by atoms with E-state index in [-0.39, 0.29) is 39.3 Å². The van der Waals surface area contributed by atoms with Crippen LogP contribution < -0.4 is 9.47 Å². The number of carbonyl (C=O) groups excluding carboxylic acids is 2. The van der Waals surface area contributed by atoms with Crippen LogP contribution in [0, 0.1) is 10.1 Å². The molecule has 0 radical (unpaired) electrons. The van der Waals surface area contributed by atoms with Gasteiger partial charge in [0.1, 0.15) is 11.5 Å². The van der Waals surface area contributed by atoms with Gasteiger partial charge in [0.05, 0.1) is 21.1 Å². The Morgan fingerprint density at radius 1 is 1.07 bits per heavy atom. The van der Waals surface area contributed by atoms with E-state index in [2.05, 4.69) is 0 Å². The van der Waals surface area contributed by atoms with Crippen molar-refractivity contribution in [2.75, 3.05) is 0 Å². The maximum atomic E-state index is 12.6. The first-order valence-electron chi connectivity index (χ1n) is 8.72. The van der Waals surface area contributed by atoms with Crippen LogP contribution in [0.4, 0.5) is 5.69 Å². The number of Topliss-reactive ketones (excluding diaryl/α,β-unsaturated/α-hetero) is 1. The number of benzene rings is 3. The largest absolute Gasteiger partial charge is 0.452 e. The Kier molecular flexibility index (Phi) is 5.04. The van der Waals surface area contributed by atoms with Crippen LogP contribution in [-0.4, -0.2) is 16.7 Å². The Morgan fingerprint density at radius 2 is 1.87 bits per heavy atom. The number of nitro groups is 1. The summed E-state index contributed by atoms with van der Waals surface area (Å²) in [5.41, 5.74) is 0.860. The number of non-ortho nitro benzene ring substituents is 1. The van der Waals surface area contributed by atoms with Crippen molar-refractivity contribution in [2.45, 2.75) is 0 Å². The van der Waals surface area contributed by atoms with Crippen molar-refractivity contribution in [3.63, 3.8) is 0 Å². The molecule has 0 unspecified atom stereocenters. The summed E-state index contributed by atoms with van der Waals surface area (Å²) < 4.78 is 10.9. The second kappa shape index (κ2) is 7.81. The molecular formula is C22H12ClNO6. The van der Waals surface area contributed by atoms with Gasteiger partial charge in [-0.1, -0.05) is 35.9 Å². The number of ether oxygens (including phenoxy) is 2. The van der Waals surface area contributed by atoms with Gasteiger partial charge in [-0.2, -0.15) is 0 Å². The summed E-state index contributed by atoms with van der Waals surface area (Å²) in [4.78, 5) is 35.3. The van der Waals surface area contributed by atoms with Gasteiger partial charge in [-0.05, 0) is 35.9 Å². The lowest BCUT2D eigenvalue weighted by atomic mass is 10.1. The maximum Gasteiger partial charge on any atom is 0.345 e. The van der Waals surface area contributed by atoms with Gasteiger partial charge in [-0.15, -0.1) is 0 Å². The predicted octanol–water partition coefficient (Wildman–Crippen LogP) is 5.08. The third-order valence-corrected chi connectivity index (χ3v) is 4.65. The molecule has 1 heterocycles. The molecule has 3 aromatic rings. The molecule has 148 valence electrons. The first kappa shape index (κ1) is 19.4. The highest BCUT2D eigenvalue weighted by Crippen LogP contribution is 2.35. The fraction of sp³-hybridized carbons (Fsp3) is 0. The average molecular weight is 422 g/mol. The quantitative estimate of drug-likeness (QED) is 0.191. The molecule has 0 N–H and O–H groups in total. The van der Waals surface area contributed by atoms with Crippen molar-refractivity contribution < 1.29 is 24.0 Å². The van der Waals surface area contributed by atoms with Gasteiger partial charge in [0, 0.05) is 18.2 Å². The summed E-state index contributed by atoms with van der Waals surface area (Å²) in [6.45, 7) is 0. The molecule has 0 saturated carbocycles. The van der Waals surface area contributed by atoms with E-state index in [0.717, 1.165) is 0 Å². The number of hydrogen-bond donors (Lipinski definition) is 0.